The van der Waals surface area contributed by atoms with Crippen molar-refractivity contribution in [2.45, 2.75) is 31.8 Å². The predicted molar refractivity (Wildman–Crippen MR) is 111 cm³/mol. The summed E-state index contributed by atoms with van der Waals surface area (Å²) in [7, 11) is -3.84. The van der Waals surface area contributed by atoms with Crippen molar-refractivity contribution in [2.24, 2.45) is 0 Å². The second-order valence-corrected chi connectivity index (χ2v) is 8.47. The van der Waals surface area contributed by atoms with Gasteiger partial charge in [-0.15, -0.1) is 0 Å². The first-order valence-corrected chi connectivity index (χ1v) is 11.1. The first kappa shape index (κ1) is 22.4. The first-order chi connectivity index (χ1) is 14.8. The van der Waals surface area contributed by atoms with Gasteiger partial charge in [0.25, 0.3) is 5.89 Å². The molecule has 0 spiro atoms. The molecule has 0 saturated heterocycles. The number of rotatable bonds is 10. The lowest BCUT2D eigenvalue weighted by Crippen LogP contribution is -2.30. The summed E-state index contributed by atoms with van der Waals surface area (Å²) in [5.74, 6) is 0.520. The van der Waals surface area contributed by atoms with Crippen LogP contribution in [0.4, 0.5) is 5.69 Å². The van der Waals surface area contributed by atoms with Crippen LogP contribution in [0.25, 0.3) is 0 Å². The predicted octanol–water partition coefficient (Wildman–Crippen LogP) is 3.18. The average molecular weight is 446 g/mol. The van der Waals surface area contributed by atoms with Crippen molar-refractivity contribution < 1.29 is 22.6 Å². The summed E-state index contributed by atoms with van der Waals surface area (Å²) >= 11 is 0. The molecule has 0 aliphatic rings. The van der Waals surface area contributed by atoms with E-state index in [9.17, 15) is 18.5 Å². The van der Waals surface area contributed by atoms with Gasteiger partial charge in [0.15, 0.2) is 18.2 Å². The van der Waals surface area contributed by atoms with Gasteiger partial charge in [0, 0.05) is 25.6 Å². The Kier molecular flexibility index (Phi) is 6.98. The summed E-state index contributed by atoms with van der Waals surface area (Å²) in [6.45, 7) is 3.72. The van der Waals surface area contributed by atoms with Gasteiger partial charge in [-0.3, -0.25) is 10.1 Å². The number of ether oxygens (including phenoxy) is 1. The molecular formula is C20H22N4O6S. The maximum absolute atomic E-state index is 12.6. The van der Waals surface area contributed by atoms with Crippen LogP contribution in [0, 0.1) is 10.1 Å². The van der Waals surface area contributed by atoms with Crippen LogP contribution in [0.1, 0.15) is 31.1 Å². The minimum atomic E-state index is -3.84. The van der Waals surface area contributed by atoms with E-state index in [0.29, 0.717) is 12.2 Å². The molecule has 1 heterocycles. The molecule has 11 heteroatoms. The van der Waals surface area contributed by atoms with Crippen LogP contribution in [0.5, 0.6) is 5.75 Å². The molecule has 1 aromatic heterocycles. The fourth-order valence-corrected chi connectivity index (χ4v) is 4.45. The van der Waals surface area contributed by atoms with E-state index in [-0.39, 0.29) is 36.2 Å². The van der Waals surface area contributed by atoms with Gasteiger partial charge in [-0.25, -0.2) is 8.42 Å². The molecule has 0 amide bonds. The lowest BCUT2D eigenvalue weighted by molar-refractivity contribution is -0.386. The lowest BCUT2D eigenvalue weighted by atomic mass is 10.1. The first-order valence-electron chi connectivity index (χ1n) is 9.62. The van der Waals surface area contributed by atoms with Crippen LogP contribution in [0.15, 0.2) is 57.9 Å². The highest BCUT2D eigenvalue weighted by Gasteiger charge is 2.26. The molecule has 2 aromatic carbocycles. The Hall–Kier alpha value is -3.31. The molecule has 3 aromatic rings. The van der Waals surface area contributed by atoms with E-state index in [4.69, 9.17) is 9.26 Å². The smallest absolute Gasteiger partial charge is 0.312 e. The molecule has 0 fully saturated rings. The number of nitro groups is 1. The molecule has 0 aliphatic carbocycles. The molecular weight excluding hydrogens is 424 g/mol. The van der Waals surface area contributed by atoms with E-state index in [1.165, 1.54) is 16.4 Å². The second kappa shape index (κ2) is 9.67. The molecule has 164 valence electrons. The van der Waals surface area contributed by atoms with E-state index < -0.39 is 20.6 Å². The van der Waals surface area contributed by atoms with E-state index in [2.05, 4.69) is 10.1 Å². The summed E-state index contributed by atoms with van der Waals surface area (Å²) in [4.78, 5) is 14.9. The Labute approximate surface area is 179 Å². The van der Waals surface area contributed by atoms with Gasteiger partial charge in [-0.2, -0.15) is 9.29 Å². The quantitative estimate of drug-likeness (QED) is 0.343. The third-order valence-corrected chi connectivity index (χ3v) is 6.58. The number of nitrogens with zero attached hydrogens (tertiary/aromatic N) is 4. The second-order valence-electron chi connectivity index (χ2n) is 6.53. The summed E-state index contributed by atoms with van der Waals surface area (Å²) in [5, 5.41) is 15.4. The van der Waals surface area contributed by atoms with Gasteiger partial charge in [0.05, 0.1) is 9.82 Å². The fraction of sp³-hybridized carbons (Fsp3) is 0.300. The largest absolute Gasteiger partial charge is 0.477 e. The number of hydrogen-bond acceptors (Lipinski definition) is 8. The van der Waals surface area contributed by atoms with Gasteiger partial charge in [0.1, 0.15) is 0 Å². The molecule has 0 bridgehead atoms. The Bertz CT molecular complexity index is 1140. The Balaban J connectivity index is 1.75. The topological polar surface area (TPSA) is 129 Å². The van der Waals surface area contributed by atoms with E-state index in [1.54, 1.807) is 13.8 Å². The monoisotopic (exact) mass is 446 g/mol. The Morgan fingerprint density at radius 1 is 1.13 bits per heavy atom. The van der Waals surface area contributed by atoms with Crippen molar-refractivity contribution >= 4 is 15.7 Å². The number of sulfonamides is 1. The van der Waals surface area contributed by atoms with Gasteiger partial charge < -0.3 is 9.26 Å². The van der Waals surface area contributed by atoms with E-state index >= 15 is 0 Å². The van der Waals surface area contributed by atoms with Gasteiger partial charge in [-0.05, 0) is 17.7 Å². The molecule has 0 saturated carbocycles. The van der Waals surface area contributed by atoms with Crippen LogP contribution < -0.4 is 4.74 Å². The fourth-order valence-electron chi connectivity index (χ4n) is 2.97. The molecule has 31 heavy (non-hydrogen) atoms. The molecule has 3 rings (SSSR count). The number of nitro benzene ring substituents is 1. The molecule has 0 radical (unpaired) electrons. The van der Waals surface area contributed by atoms with Crippen LogP contribution >= 0.6 is 0 Å². The van der Waals surface area contributed by atoms with Crippen LogP contribution in [0.2, 0.25) is 0 Å². The number of benzene rings is 2. The Morgan fingerprint density at radius 2 is 1.84 bits per heavy atom. The van der Waals surface area contributed by atoms with Crippen LogP contribution in [-0.4, -0.2) is 40.9 Å². The van der Waals surface area contributed by atoms with E-state index in [1.807, 2.05) is 30.3 Å². The SMILES string of the molecule is CCN(CC)S(=O)(=O)c1ccc(OCc2nc(Cc3ccccc3)no2)c([N+](=O)[O-])c1. The molecule has 0 atom stereocenters. The highest BCUT2D eigenvalue weighted by molar-refractivity contribution is 7.89. The van der Waals surface area contributed by atoms with Gasteiger partial charge >= 0.3 is 5.69 Å². The van der Waals surface area contributed by atoms with Crippen molar-refractivity contribution in [3.63, 3.8) is 0 Å². The summed E-state index contributed by atoms with van der Waals surface area (Å²) in [6.07, 6.45) is 0.475. The normalized spacial score (nSPS) is 11.6. The minimum Gasteiger partial charge on any atom is -0.477 e. The van der Waals surface area contributed by atoms with E-state index in [0.717, 1.165) is 11.6 Å². The third-order valence-electron chi connectivity index (χ3n) is 4.54. The average Bonchev–Trinajstić information content (AvgIpc) is 3.20. The third kappa shape index (κ3) is 5.25. The highest BCUT2D eigenvalue weighted by atomic mass is 32.2. The summed E-state index contributed by atoms with van der Waals surface area (Å²) in [5.41, 5.74) is 0.550. The van der Waals surface area contributed by atoms with Crippen molar-refractivity contribution in [1.82, 2.24) is 14.4 Å². The Morgan fingerprint density at radius 3 is 2.48 bits per heavy atom. The zero-order valence-electron chi connectivity index (χ0n) is 17.1. The number of hydrogen-bond donors (Lipinski definition) is 0. The molecule has 0 unspecified atom stereocenters. The zero-order chi connectivity index (χ0) is 22.4. The van der Waals surface area contributed by atoms with Crippen molar-refractivity contribution in [3.05, 3.63) is 75.9 Å². The molecule has 10 nitrogen and oxygen atoms in total. The molecule has 0 aliphatic heterocycles. The lowest BCUT2D eigenvalue weighted by Gasteiger charge is -2.18. The van der Waals surface area contributed by atoms with Gasteiger partial charge in [0.2, 0.25) is 10.0 Å². The minimum absolute atomic E-state index is 0.0914. The zero-order valence-corrected chi connectivity index (χ0v) is 17.9. The van der Waals surface area contributed by atoms with Gasteiger partial charge in [-0.1, -0.05) is 49.3 Å². The maximum atomic E-state index is 12.6. The summed E-state index contributed by atoms with van der Waals surface area (Å²) < 4.78 is 37.1. The standard InChI is InChI=1S/C20H22N4O6S/c1-3-23(4-2)31(27,28)16-10-11-18(17(13-16)24(25)26)29-14-20-21-19(22-30-20)12-15-8-6-5-7-9-15/h5-11,13H,3-4,12,14H2,1-2H3. The van der Waals surface area contributed by atoms with Crippen LogP contribution in [0.3, 0.4) is 0 Å². The van der Waals surface area contributed by atoms with Crippen LogP contribution in [-0.2, 0) is 23.1 Å². The highest BCUT2D eigenvalue weighted by Crippen LogP contribution is 2.31. The van der Waals surface area contributed by atoms with Crippen molar-refractivity contribution in [2.75, 3.05) is 13.1 Å². The molecule has 0 N–H and O–H groups in total. The number of aromatic nitrogens is 2. The maximum Gasteiger partial charge on any atom is 0.312 e. The van der Waals surface area contributed by atoms with Crippen molar-refractivity contribution in [3.8, 4) is 5.75 Å². The summed E-state index contributed by atoms with van der Waals surface area (Å²) in [6, 6.07) is 13.1. The van der Waals surface area contributed by atoms with Crippen molar-refractivity contribution in [1.29, 1.82) is 0 Å².